The maximum Gasteiger partial charge on any atom is 0.343 e. The smallest absolute Gasteiger partial charge is 0.343 e. The first-order valence-corrected chi connectivity index (χ1v) is 8.91. The van der Waals surface area contributed by atoms with Crippen LogP contribution in [0.2, 0.25) is 0 Å². The highest BCUT2D eigenvalue weighted by Crippen LogP contribution is 2.44. The second kappa shape index (κ2) is 6.90. The van der Waals surface area contributed by atoms with E-state index in [1.165, 1.54) is 13.2 Å². The molecular weight excluding hydrogens is 332 g/mol. The number of rotatable bonds is 6. The Kier molecular flexibility index (Phi) is 4.81. The third kappa shape index (κ3) is 2.87. The van der Waals surface area contributed by atoms with Crippen LogP contribution in [0.15, 0.2) is 58.6 Å². The Bertz CT molecular complexity index is 834. The molecule has 2 aliphatic heterocycles. The Hall–Kier alpha value is -2.69. The van der Waals surface area contributed by atoms with Gasteiger partial charge in [0.15, 0.2) is 11.4 Å². The van der Waals surface area contributed by atoms with E-state index in [0.717, 1.165) is 12.8 Å². The standard InChI is InChI=1S/C21H22O5/c1-4-6-7-9-17(22)18-16-11-13-10-14(8-5-2)25-12-15(13)19(23)21(16,3)26-20(18)24/h5,8,10-12H,4,6-7,9H2,1-3H3/b8-5+. The molecule has 0 aromatic carbocycles. The number of fused-ring (bicyclic) bond motifs is 2. The summed E-state index contributed by atoms with van der Waals surface area (Å²) in [6.07, 6.45) is 11.3. The molecule has 3 rings (SSSR count). The lowest BCUT2D eigenvalue weighted by Gasteiger charge is -2.30. The molecule has 0 saturated carbocycles. The van der Waals surface area contributed by atoms with E-state index in [4.69, 9.17) is 9.47 Å². The van der Waals surface area contributed by atoms with E-state index < -0.39 is 11.6 Å². The van der Waals surface area contributed by atoms with E-state index in [1.54, 1.807) is 18.2 Å². The highest BCUT2D eigenvalue weighted by Gasteiger charge is 2.54. The zero-order chi connectivity index (χ0) is 18.9. The lowest BCUT2D eigenvalue weighted by molar-refractivity contribution is -0.153. The largest absolute Gasteiger partial charge is 0.464 e. The van der Waals surface area contributed by atoms with Gasteiger partial charge in [0.2, 0.25) is 5.78 Å². The van der Waals surface area contributed by atoms with Crippen molar-refractivity contribution in [2.24, 2.45) is 0 Å². The van der Waals surface area contributed by atoms with Crippen molar-refractivity contribution < 1.29 is 23.9 Å². The summed E-state index contributed by atoms with van der Waals surface area (Å²) in [5, 5.41) is 0. The quantitative estimate of drug-likeness (QED) is 0.414. The van der Waals surface area contributed by atoms with Crippen LogP contribution in [0.4, 0.5) is 0 Å². The Morgan fingerprint density at radius 1 is 1.23 bits per heavy atom. The van der Waals surface area contributed by atoms with Crippen molar-refractivity contribution in [2.45, 2.75) is 52.1 Å². The van der Waals surface area contributed by atoms with Crippen LogP contribution in [0.5, 0.6) is 0 Å². The number of ether oxygens (including phenoxy) is 2. The molecule has 0 aromatic rings. The minimum atomic E-state index is -1.46. The van der Waals surface area contributed by atoms with Crippen LogP contribution in [0.25, 0.3) is 0 Å². The summed E-state index contributed by atoms with van der Waals surface area (Å²) in [5.74, 6) is -0.762. The van der Waals surface area contributed by atoms with Gasteiger partial charge in [-0.3, -0.25) is 9.59 Å². The van der Waals surface area contributed by atoms with Gasteiger partial charge in [0.1, 0.15) is 17.6 Å². The molecule has 1 atom stereocenters. The third-order valence-corrected chi connectivity index (χ3v) is 4.80. The van der Waals surface area contributed by atoms with Crippen molar-refractivity contribution in [2.75, 3.05) is 0 Å². The van der Waals surface area contributed by atoms with E-state index >= 15 is 0 Å². The minimum Gasteiger partial charge on any atom is -0.464 e. The van der Waals surface area contributed by atoms with E-state index in [0.29, 0.717) is 28.9 Å². The molecule has 1 unspecified atom stereocenters. The lowest BCUT2D eigenvalue weighted by Crippen LogP contribution is -2.41. The highest BCUT2D eigenvalue weighted by molar-refractivity contribution is 6.24. The predicted octanol–water partition coefficient (Wildman–Crippen LogP) is 3.63. The topological polar surface area (TPSA) is 69.7 Å². The van der Waals surface area contributed by atoms with Crippen LogP contribution in [0.1, 0.15) is 46.5 Å². The molecule has 0 radical (unpaired) electrons. The molecule has 0 saturated heterocycles. The third-order valence-electron chi connectivity index (χ3n) is 4.80. The molecule has 0 amide bonds. The van der Waals surface area contributed by atoms with Gasteiger partial charge in [-0.05, 0) is 44.1 Å². The van der Waals surface area contributed by atoms with Crippen LogP contribution in [0.3, 0.4) is 0 Å². The fraction of sp³-hybridized carbons (Fsp3) is 0.381. The molecule has 0 N–H and O–H groups in total. The van der Waals surface area contributed by atoms with Gasteiger partial charge in [0, 0.05) is 12.0 Å². The number of allylic oxidation sites excluding steroid dienone is 4. The van der Waals surface area contributed by atoms with Gasteiger partial charge >= 0.3 is 5.97 Å². The molecule has 0 fully saturated rings. The van der Waals surface area contributed by atoms with Gasteiger partial charge in [0.05, 0.1) is 5.57 Å². The summed E-state index contributed by atoms with van der Waals surface area (Å²) in [7, 11) is 0. The van der Waals surface area contributed by atoms with Gasteiger partial charge in [-0.15, -0.1) is 0 Å². The van der Waals surface area contributed by atoms with Crippen molar-refractivity contribution in [3.8, 4) is 0 Å². The van der Waals surface area contributed by atoms with E-state index in [9.17, 15) is 14.4 Å². The van der Waals surface area contributed by atoms with Gasteiger partial charge in [0.25, 0.3) is 0 Å². The molecule has 0 aromatic heterocycles. The number of Topliss-reactive ketones (excluding diaryl/α,β-unsaturated/α-hetero) is 2. The Labute approximate surface area is 152 Å². The monoisotopic (exact) mass is 354 g/mol. The summed E-state index contributed by atoms with van der Waals surface area (Å²) in [6.45, 7) is 5.44. The Morgan fingerprint density at radius 2 is 2.00 bits per heavy atom. The van der Waals surface area contributed by atoms with Crippen LogP contribution >= 0.6 is 0 Å². The van der Waals surface area contributed by atoms with Crippen molar-refractivity contribution in [1.29, 1.82) is 0 Å². The molecule has 5 heteroatoms. The van der Waals surface area contributed by atoms with Crippen LogP contribution < -0.4 is 0 Å². The maximum atomic E-state index is 12.9. The normalized spacial score (nSPS) is 24.5. The molecule has 1 aliphatic carbocycles. The average Bonchev–Trinajstić information content (AvgIpc) is 2.86. The summed E-state index contributed by atoms with van der Waals surface area (Å²) >= 11 is 0. The van der Waals surface area contributed by atoms with Crippen molar-refractivity contribution in [3.63, 3.8) is 0 Å². The fourth-order valence-electron chi connectivity index (χ4n) is 3.37. The van der Waals surface area contributed by atoms with E-state index in [1.807, 2.05) is 19.9 Å². The predicted molar refractivity (Wildman–Crippen MR) is 95.8 cm³/mol. The number of unbranched alkanes of at least 4 members (excludes halogenated alkanes) is 2. The number of hydrogen-bond donors (Lipinski definition) is 0. The van der Waals surface area contributed by atoms with Crippen LogP contribution in [-0.2, 0) is 23.9 Å². The maximum absolute atomic E-state index is 12.9. The molecule has 5 nitrogen and oxygen atoms in total. The van der Waals surface area contributed by atoms with Gasteiger partial charge < -0.3 is 9.47 Å². The van der Waals surface area contributed by atoms with Crippen LogP contribution in [-0.4, -0.2) is 23.1 Å². The number of esters is 1. The zero-order valence-corrected chi connectivity index (χ0v) is 15.3. The number of ketones is 2. The van der Waals surface area contributed by atoms with Crippen molar-refractivity contribution >= 4 is 17.5 Å². The molecule has 0 spiro atoms. The second-order valence-corrected chi connectivity index (χ2v) is 6.72. The summed E-state index contributed by atoms with van der Waals surface area (Å²) in [4.78, 5) is 37.9. The first-order valence-electron chi connectivity index (χ1n) is 8.91. The second-order valence-electron chi connectivity index (χ2n) is 6.72. The molecule has 0 bridgehead atoms. The molecule has 3 aliphatic rings. The van der Waals surface area contributed by atoms with E-state index in [2.05, 4.69) is 0 Å². The summed E-state index contributed by atoms with van der Waals surface area (Å²) < 4.78 is 10.8. The zero-order valence-electron chi connectivity index (χ0n) is 15.3. The van der Waals surface area contributed by atoms with Gasteiger partial charge in [-0.1, -0.05) is 25.8 Å². The number of carbonyl (C=O) groups is 3. The SMILES string of the molecule is C/C=C/C1=CC2=CC3=C(C(=O)CCCCC)C(=O)OC3(C)C(=O)C2=CO1. The van der Waals surface area contributed by atoms with Crippen molar-refractivity contribution in [3.05, 3.63) is 58.6 Å². The van der Waals surface area contributed by atoms with Crippen LogP contribution in [0, 0.1) is 0 Å². The Morgan fingerprint density at radius 3 is 2.69 bits per heavy atom. The molecule has 2 heterocycles. The summed E-state index contributed by atoms with van der Waals surface area (Å²) in [6, 6.07) is 0. The first kappa shape index (κ1) is 18.1. The average molecular weight is 354 g/mol. The molecule has 136 valence electrons. The minimum absolute atomic E-state index is 0.0102. The Balaban J connectivity index is 2.06. The molecule has 26 heavy (non-hydrogen) atoms. The van der Waals surface area contributed by atoms with E-state index in [-0.39, 0.29) is 23.6 Å². The fourth-order valence-corrected chi connectivity index (χ4v) is 3.37. The number of hydrogen-bond acceptors (Lipinski definition) is 5. The van der Waals surface area contributed by atoms with Crippen molar-refractivity contribution in [1.82, 2.24) is 0 Å². The number of carbonyl (C=O) groups excluding carboxylic acids is 3. The molecular formula is C21H22O5. The first-order chi connectivity index (χ1) is 12.4. The highest BCUT2D eigenvalue weighted by atomic mass is 16.6. The van der Waals surface area contributed by atoms with Gasteiger partial charge in [-0.2, -0.15) is 0 Å². The van der Waals surface area contributed by atoms with Gasteiger partial charge in [-0.25, -0.2) is 4.79 Å². The lowest BCUT2D eigenvalue weighted by atomic mass is 9.77. The summed E-state index contributed by atoms with van der Waals surface area (Å²) in [5.41, 5.74) is -0.122.